The van der Waals surface area contributed by atoms with Crippen molar-refractivity contribution < 1.29 is 9.59 Å². The lowest BCUT2D eigenvalue weighted by molar-refractivity contribution is -0.119. The Kier molecular flexibility index (Phi) is 9.06. The van der Waals surface area contributed by atoms with E-state index in [4.69, 9.17) is 0 Å². The Bertz CT molecular complexity index is 852. The minimum Gasteiger partial charge on any atom is -0.312 e. The highest BCUT2D eigenvalue weighted by atomic mass is 16.2. The van der Waals surface area contributed by atoms with Gasteiger partial charge in [-0.05, 0) is 98.2 Å². The van der Waals surface area contributed by atoms with E-state index in [2.05, 4.69) is 65.8 Å². The van der Waals surface area contributed by atoms with Crippen molar-refractivity contribution >= 4 is 23.2 Å². The van der Waals surface area contributed by atoms with Crippen LogP contribution in [0.1, 0.15) is 75.6 Å². The Morgan fingerprint density at radius 2 is 0.875 bits per heavy atom. The van der Waals surface area contributed by atoms with Crippen molar-refractivity contribution in [3.63, 3.8) is 0 Å². The van der Waals surface area contributed by atoms with Gasteiger partial charge in [0, 0.05) is 37.3 Å². The summed E-state index contributed by atoms with van der Waals surface area (Å²) in [4.78, 5) is 29.0. The topological polar surface area (TPSA) is 40.6 Å². The van der Waals surface area contributed by atoms with E-state index in [0.29, 0.717) is 12.8 Å². The molecule has 0 spiro atoms. The molecule has 0 unspecified atom stereocenters. The highest BCUT2D eigenvalue weighted by Crippen LogP contribution is 2.35. The van der Waals surface area contributed by atoms with Gasteiger partial charge >= 0.3 is 0 Å². The van der Waals surface area contributed by atoms with Crippen molar-refractivity contribution in [3.8, 4) is 11.1 Å². The zero-order valence-corrected chi connectivity index (χ0v) is 21.3. The summed E-state index contributed by atoms with van der Waals surface area (Å²) in [5.74, 6) is 0.330. The van der Waals surface area contributed by atoms with E-state index in [1.54, 1.807) is 0 Å². The second kappa shape index (κ2) is 11.3. The van der Waals surface area contributed by atoms with Crippen LogP contribution in [0.5, 0.6) is 0 Å². The Labute approximate surface area is 194 Å². The highest BCUT2D eigenvalue weighted by molar-refractivity contribution is 5.96. The van der Waals surface area contributed by atoms with Crippen molar-refractivity contribution in [3.05, 3.63) is 46.5 Å². The molecule has 4 heteroatoms. The monoisotopic (exact) mass is 436 g/mol. The second-order valence-electron chi connectivity index (χ2n) is 8.72. The molecule has 0 aliphatic carbocycles. The van der Waals surface area contributed by atoms with Crippen molar-refractivity contribution in [1.29, 1.82) is 0 Å². The first-order valence-electron chi connectivity index (χ1n) is 12.0. The molecule has 4 nitrogen and oxygen atoms in total. The lowest BCUT2D eigenvalue weighted by Gasteiger charge is -2.27. The molecule has 0 radical (unpaired) electrons. The van der Waals surface area contributed by atoms with Crippen molar-refractivity contribution in [2.24, 2.45) is 0 Å². The molecule has 0 aliphatic rings. The van der Waals surface area contributed by atoms with Crippen LogP contribution in [0.3, 0.4) is 0 Å². The highest BCUT2D eigenvalue weighted by Gasteiger charge is 2.21. The SMILES string of the molecule is CCCN(C(=O)CC)c1c(C)cc(-c2cc(C)c(N(CCC)C(=O)CC)c(C)c2)cc1C. The van der Waals surface area contributed by atoms with Crippen molar-refractivity contribution in [2.75, 3.05) is 22.9 Å². The van der Waals surface area contributed by atoms with Crippen molar-refractivity contribution in [2.45, 2.75) is 81.1 Å². The van der Waals surface area contributed by atoms with Crippen LogP contribution in [0, 0.1) is 27.7 Å². The molecule has 2 amide bonds. The first-order valence-corrected chi connectivity index (χ1v) is 12.0. The minimum atomic E-state index is 0.165. The fourth-order valence-electron chi connectivity index (χ4n) is 4.65. The third-order valence-electron chi connectivity index (χ3n) is 5.96. The Hall–Kier alpha value is -2.62. The molecule has 174 valence electrons. The minimum absolute atomic E-state index is 0.165. The van der Waals surface area contributed by atoms with Gasteiger partial charge in [0.05, 0.1) is 0 Å². The molecule has 0 fully saturated rings. The van der Waals surface area contributed by atoms with Crippen molar-refractivity contribution in [1.82, 2.24) is 0 Å². The van der Waals surface area contributed by atoms with Crippen LogP contribution in [-0.2, 0) is 9.59 Å². The average Bonchev–Trinajstić information content (AvgIpc) is 2.75. The Balaban J connectivity index is 2.55. The number of amides is 2. The first-order chi connectivity index (χ1) is 15.2. The van der Waals surface area contributed by atoms with Gasteiger partial charge in [-0.1, -0.05) is 27.7 Å². The summed E-state index contributed by atoms with van der Waals surface area (Å²) in [6.45, 7) is 17.9. The third kappa shape index (κ3) is 5.40. The summed E-state index contributed by atoms with van der Waals surface area (Å²) in [5, 5.41) is 0. The van der Waals surface area contributed by atoms with E-state index in [-0.39, 0.29) is 11.8 Å². The molecule has 0 atom stereocenters. The van der Waals surface area contributed by atoms with E-state index in [9.17, 15) is 9.59 Å². The lowest BCUT2D eigenvalue weighted by Crippen LogP contribution is -2.32. The van der Waals surface area contributed by atoms with Crippen LogP contribution in [0.4, 0.5) is 11.4 Å². The standard InChI is InChI=1S/C28H40N2O2/c1-9-13-29(25(31)11-3)27-19(5)15-23(16-20(27)6)24-17-21(7)28(22(8)18-24)30(14-10-2)26(32)12-4/h15-18H,9-14H2,1-8H3. The van der Waals surface area contributed by atoms with Gasteiger partial charge in [-0.25, -0.2) is 0 Å². The number of carbonyl (C=O) groups is 2. The second-order valence-corrected chi connectivity index (χ2v) is 8.72. The largest absolute Gasteiger partial charge is 0.312 e. The summed E-state index contributed by atoms with van der Waals surface area (Å²) in [6.07, 6.45) is 2.87. The molecular formula is C28H40N2O2. The fourth-order valence-corrected chi connectivity index (χ4v) is 4.65. The van der Waals surface area contributed by atoms with Gasteiger partial charge in [-0.2, -0.15) is 0 Å². The Morgan fingerprint density at radius 1 is 0.594 bits per heavy atom. The van der Waals surface area contributed by atoms with Gasteiger partial charge < -0.3 is 9.80 Å². The van der Waals surface area contributed by atoms with Gasteiger partial charge in [0.25, 0.3) is 0 Å². The number of hydrogen-bond acceptors (Lipinski definition) is 2. The third-order valence-corrected chi connectivity index (χ3v) is 5.96. The predicted octanol–water partition coefficient (Wildman–Crippen LogP) is 6.89. The molecule has 0 aliphatic heterocycles. The quantitative estimate of drug-likeness (QED) is 0.429. The van der Waals surface area contributed by atoms with E-state index < -0.39 is 0 Å². The molecule has 0 saturated heterocycles. The molecular weight excluding hydrogens is 396 g/mol. The van der Waals surface area contributed by atoms with Gasteiger partial charge in [0.2, 0.25) is 11.8 Å². The summed E-state index contributed by atoms with van der Waals surface area (Å²) in [6, 6.07) is 8.73. The van der Waals surface area contributed by atoms with E-state index >= 15 is 0 Å². The molecule has 2 aromatic carbocycles. The first kappa shape index (κ1) is 25.6. The summed E-state index contributed by atoms with van der Waals surface area (Å²) in [5.41, 5.74) is 8.82. The summed E-state index contributed by atoms with van der Waals surface area (Å²) in [7, 11) is 0. The molecule has 0 saturated carbocycles. The van der Waals surface area contributed by atoms with E-state index in [1.807, 2.05) is 23.6 Å². The molecule has 0 bridgehead atoms. The van der Waals surface area contributed by atoms with E-state index in [0.717, 1.165) is 70.7 Å². The number of nitrogens with zero attached hydrogens (tertiary/aromatic N) is 2. The van der Waals surface area contributed by atoms with Gasteiger partial charge in [-0.15, -0.1) is 0 Å². The predicted molar refractivity (Wildman–Crippen MR) is 137 cm³/mol. The number of anilines is 2. The van der Waals surface area contributed by atoms with Gasteiger partial charge in [0.1, 0.15) is 0 Å². The van der Waals surface area contributed by atoms with Crippen LogP contribution in [0.2, 0.25) is 0 Å². The fraction of sp³-hybridized carbons (Fsp3) is 0.500. The number of hydrogen-bond donors (Lipinski definition) is 0. The van der Waals surface area contributed by atoms with E-state index in [1.165, 1.54) is 0 Å². The number of carbonyl (C=O) groups excluding carboxylic acids is 2. The molecule has 2 aromatic rings. The number of benzene rings is 2. The number of rotatable bonds is 9. The van der Waals surface area contributed by atoms with Crippen LogP contribution in [0.15, 0.2) is 24.3 Å². The summed E-state index contributed by atoms with van der Waals surface area (Å²) >= 11 is 0. The van der Waals surface area contributed by atoms with Crippen LogP contribution < -0.4 is 9.80 Å². The molecule has 32 heavy (non-hydrogen) atoms. The lowest BCUT2D eigenvalue weighted by atomic mass is 9.94. The van der Waals surface area contributed by atoms with Crippen LogP contribution in [-0.4, -0.2) is 24.9 Å². The average molecular weight is 437 g/mol. The number of aryl methyl sites for hydroxylation is 4. The van der Waals surface area contributed by atoms with Crippen LogP contribution in [0.25, 0.3) is 11.1 Å². The maximum Gasteiger partial charge on any atom is 0.226 e. The van der Waals surface area contributed by atoms with Gasteiger partial charge in [0.15, 0.2) is 0 Å². The normalized spacial score (nSPS) is 10.9. The molecule has 0 heterocycles. The summed E-state index contributed by atoms with van der Waals surface area (Å²) < 4.78 is 0. The van der Waals surface area contributed by atoms with Crippen LogP contribution >= 0.6 is 0 Å². The zero-order valence-electron chi connectivity index (χ0n) is 21.3. The Morgan fingerprint density at radius 3 is 1.09 bits per heavy atom. The maximum absolute atomic E-state index is 12.6. The molecule has 2 rings (SSSR count). The molecule has 0 aromatic heterocycles. The zero-order chi connectivity index (χ0) is 24.0. The van der Waals surface area contributed by atoms with Gasteiger partial charge in [-0.3, -0.25) is 9.59 Å². The maximum atomic E-state index is 12.6. The smallest absolute Gasteiger partial charge is 0.226 e. The molecule has 0 N–H and O–H groups in total.